The summed E-state index contributed by atoms with van der Waals surface area (Å²) >= 11 is 0. The van der Waals surface area contributed by atoms with Crippen LogP contribution in [0.5, 0.6) is 0 Å². The molecule has 18 heavy (non-hydrogen) atoms. The Morgan fingerprint density at radius 1 is 1.39 bits per heavy atom. The molecular weight excluding hydrogens is 226 g/mol. The summed E-state index contributed by atoms with van der Waals surface area (Å²) in [6, 6.07) is 10.3. The van der Waals surface area contributed by atoms with E-state index >= 15 is 0 Å². The average molecular weight is 248 g/mol. The van der Waals surface area contributed by atoms with E-state index in [1.54, 1.807) is 0 Å². The van der Waals surface area contributed by atoms with E-state index in [1.807, 2.05) is 25.1 Å². The maximum Gasteiger partial charge on any atom is 0.330 e. The molecule has 0 aliphatic rings. The zero-order valence-electron chi connectivity index (χ0n) is 11.4. The van der Waals surface area contributed by atoms with Crippen molar-refractivity contribution in [2.45, 2.75) is 19.6 Å². The molecule has 1 rings (SSSR count). The predicted molar refractivity (Wildman–Crippen MR) is 72.9 cm³/mol. The number of esters is 1. The first-order valence-electron chi connectivity index (χ1n) is 6.12. The topological polar surface area (TPSA) is 26.3 Å². The lowest BCUT2D eigenvalue weighted by atomic mass is 10.2. The number of carbonyl (C=O) groups excluding carboxylic acids is 1. The average Bonchev–Trinajstić information content (AvgIpc) is 2.28. The van der Waals surface area contributed by atoms with E-state index in [0.717, 1.165) is 17.6 Å². The van der Waals surface area contributed by atoms with Crippen molar-refractivity contribution in [2.24, 2.45) is 0 Å². The number of ether oxygens (including phenoxy) is 1. The van der Waals surface area contributed by atoms with Crippen LogP contribution < -0.4 is 0 Å². The van der Waals surface area contributed by atoms with Crippen molar-refractivity contribution in [3.63, 3.8) is 0 Å². The summed E-state index contributed by atoms with van der Waals surface area (Å²) in [7, 11) is 4.26. The van der Waals surface area contributed by atoms with E-state index in [4.69, 9.17) is 4.74 Å². The van der Waals surface area contributed by atoms with E-state index < -0.39 is 0 Å². The molecule has 1 atom stereocenters. The van der Waals surface area contributed by atoms with Gasteiger partial charge >= 0.3 is 5.97 Å². The summed E-state index contributed by atoms with van der Waals surface area (Å²) in [4.78, 5) is 11.1. The van der Waals surface area contributed by atoms with Crippen LogP contribution in [-0.4, -0.2) is 37.2 Å². The van der Waals surface area contributed by atoms with Gasteiger partial charge in [0.15, 0.2) is 0 Å². The fourth-order valence-corrected chi connectivity index (χ4v) is 2.12. The Hall–Kier alpha value is -1.61. The molecule has 0 bridgehead atoms. The molecule has 0 amide bonds. The zero-order valence-corrected chi connectivity index (χ0v) is 11.4. The third-order valence-electron chi connectivity index (χ3n) is 2.69. The Kier molecular flexibility index (Phi) is 5.10. The normalized spacial score (nSPS) is 12.8. The molecule has 3 heteroatoms. The Balaban J connectivity index is 2.53. The van der Waals surface area contributed by atoms with Gasteiger partial charge in [-0.2, -0.15) is 0 Å². The molecule has 0 saturated heterocycles. The Morgan fingerprint density at radius 2 is 2.00 bits per heavy atom. The van der Waals surface area contributed by atoms with Gasteiger partial charge in [-0.15, -0.1) is 0 Å². The van der Waals surface area contributed by atoms with Crippen molar-refractivity contribution in [3.05, 3.63) is 48.6 Å². The number of hydrogen-bond acceptors (Lipinski definition) is 2. The van der Waals surface area contributed by atoms with Gasteiger partial charge in [0.05, 0.1) is 14.1 Å². The van der Waals surface area contributed by atoms with Gasteiger partial charge in [-0.05, 0) is 6.92 Å². The van der Waals surface area contributed by atoms with Crippen molar-refractivity contribution in [1.29, 1.82) is 0 Å². The van der Waals surface area contributed by atoms with E-state index in [9.17, 15) is 4.79 Å². The van der Waals surface area contributed by atoms with Gasteiger partial charge in [0, 0.05) is 11.6 Å². The van der Waals surface area contributed by atoms with Crippen LogP contribution in [0.2, 0.25) is 0 Å². The lowest BCUT2D eigenvalue weighted by Crippen LogP contribution is -2.44. The van der Waals surface area contributed by atoms with Crippen LogP contribution in [0.3, 0.4) is 0 Å². The minimum atomic E-state index is -0.359. The van der Waals surface area contributed by atoms with E-state index in [0.29, 0.717) is 0 Å². The Labute approximate surface area is 109 Å². The second-order valence-corrected chi connectivity index (χ2v) is 5.21. The first kappa shape index (κ1) is 14.5. The summed E-state index contributed by atoms with van der Waals surface area (Å²) in [6.07, 6.45) is 1.09. The largest absolute Gasteiger partial charge is 0.454 e. The van der Waals surface area contributed by atoms with Crippen molar-refractivity contribution in [3.8, 4) is 0 Å². The summed E-state index contributed by atoms with van der Waals surface area (Å²) in [5.74, 6) is -0.359. The van der Waals surface area contributed by atoms with Gasteiger partial charge in [0.1, 0.15) is 19.2 Å². The molecule has 1 aromatic carbocycles. The minimum Gasteiger partial charge on any atom is -0.454 e. The third kappa shape index (κ3) is 5.15. The zero-order chi connectivity index (χ0) is 13.6. The highest BCUT2D eigenvalue weighted by Gasteiger charge is 2.21. The molecule has 0 saturated carbocycles. The fourth-order valence-electron chi connectivity index (χ4n) is 2.12. The van der Waals surface area contributed by atoms with Crippen LogP contribution in [0.15, 0.2) is 43.0 Å². The highest BCUT2D eigenvalue weighted by Crippen LogP contribution is 2.11. The molecule has 0 fully saturated rings. The maximum atomic E-state index is 11.1. The number of nitrogens with zero attached hydrogens (tertiary/aromatic N) is 1. The smallest absolute Gasteiger partial charge is 0.330 e. The first-order valence-corrected chi connectivity index (χ1v) is 6.12. The number of hydrogen-bond donors (Lipinski definition) is 0. The quantitative estimate of drug-likeness (QED) is 0.439. The SMILES string of the molecule is C=CC(=O)OC(C)C[N+](C)(C)Cc1ccccc1. The lowest BCUT2D eigenvalue weighted by molar-refractivity contribution is -0.906. The van der Waals surface area contributed by atoms with E-state index in [2.05, 4.69) is 32.8 Å². The monoisotopic (exact) mass is 248 g/mol. The molecule has 0 spiro atoms. The van der Waals surface area contributed by atoms with Crippen LogP contribution in [0, 0.1) is 0 Å². The molecule has 1 aromatic rings. The van der Waals surface area contributed by atoms with Gasteiger partial charge in [0.25, 0.3) is 0 Å². The number of benzene rings is 1. The van der Waals surface area contributed by atoms with Gasteiger partial charge < -0.3 is 9.22 Å². The third-order valence-corrected chi connectivity index (χ3v) is 2.69. The fraction of sp³-hybridized carbons (Fsp3) is 0.400. The molecule has 0 aliphatic carbocycles. The van der Waals surface area contributed by atoms with E-state index in [-0.39, 0.29) is 12.1 Å². The molecular formula is C15H22NO2+. The number of quaternary nitrogens is 1. The standard InChI is InChI=1S/C15H22NO2/c1-5-15(17)18-13(2)11-16(3,4)12-14-9-7-6-8-10-14/h5-10,13H,1,11-12H2,2-4H3/q+1. The Bertz CT molecular complexity index is 398. The van der Waals surface area contributed by atoms with Crippen LogP contribution >= 0.6 is 0 Å². The van der Waals surface area contributed by atoms with Gasteiger partial charge in [-0.1, -0.05) is 36.9 Å². The first-order chi connectivity index (χ1) is 8.43. The van der Waals surface area contributed by atoms with Crippen molar-refractivity contribution < 1.29 is 14.0 Å². The molecule has 0 heterocycles. The van der Waals surface area contributed by atoms with Gasteiger partial charge in [-0.25, -0.2) is 4.79 Å². The molecule has 0 N–H and O–H groups in total. The van der Waals surface area contributed by atoms with Crippen LogP contribution in [0.1, 0.15) is 12.5 Å². The van der Waals surface area contributed by atoms with Crippen LogP contribution in [-0.2, 0) is 16.1 Å². The predicted octanol–water partition coefficient (Wildman–Crippen LogP) is 2.38. The highest BCUT2D eigenvalue weighted by atomic mass is 16.5. The maximum absolute atomic E-state index is 11.1. The lowest BCUT2D eigenvalue weighted by Gasteiger charge is -2.32. The van der Waals surface area contributed by atoms with Crippen molar-refractivity contribution in [2.75, 3.05) is 20.6 Å². The second kappa shape index (κ2) is 6.36. The summed E-state index contributed by atoms with van der Waals surface area (Å²) < 4.78 is 5.97. The highest BCUT2D eigenvalue weighted by molar-refractivity contribution is 5.81. The summed E-state index contributed by atoms with van der Waals surface area (Å²) in [5, 5.41) is 0. The molecule has 3 nitrogen and oxygen atoms in total. The molecule has 98 valence electrons. The van der Waals surface area contributed by atoms with Crippen molar-refractivity contribution >= 4 is 5.97 Å². The number of carbonyl (C=O) groups is 1. The van der Waals surface area contributed by atoms with E-state index in [1.165, 1.54) is 11.6 Å². The van der Waals surface area contributed by atoms with Crippen LogP contribution in [0.25, 0.3) is 0 Å². The van der Waals surface area contributed by atoms with Gasteiger partial charge in [-0.3, -0.25) is 0 Å². The summed E-state index contributed by atoms with van der Waals surface area (Å²) in [6.45, 7) is 6.99. The van der Waals surface area contributed by atoms with Crippen LogP contribution in [0.4, 0.5) is 0 Å². The molecule has 0 aliphatic heterocycles. The minimum absolute atomic E-state index is 0.116. The molecule has 0 radical (unpaired) electrons. The number of rotatable bonds is 6. The summed E-state index contributed by atoms with van der Waals surface area (Å²) in [5.41, 5.74) is 1.28. The molecule has 0 aromatic heterocycles. The Morgan fingerprint density at radius 3 is 2.56 bits per heavy atom. The van der Waals surface area contributed by atoms with Crippen molar-refractivity contribution in [1.82, 2.24) is 0 Å². The second-order valence-electron chi connectivity index (χ2n) is 5.21. The van der Waals surface area contributed by atoms with Gasteiger partial charge in [0.2, 0.25) is 0 Å². The number of likely N-dealkylation sites (N-methyl/N-ethyl adjacent to an activating group) is 1. The molecule has 1 unspecified atom stereocenters.